The molecule has 1 heterocycles. The van der Waals surface area contributed by atoms with Crippen molar-refractivity contribution >= 4 is 0 Å². The van der Waals surface area contributed by atoms with Crippen LogP contribution in [0.25, 0.3) is 0 Å². The number of methoxy groups -OCH3 is 2. The molecule has 1 aromatic carbocycles. The summed E-state index contributed by atoms with van der Waals surface area (Å²) < 4.78 is 19.0. The largest absolute Gasteiger partial charge is 0.491 e. The van der Waals surface area contributed by atoms with Gasteiger partial charge in [0.1, 0.15) is 18.5 Å². The number of ether oxygens (including phenoxy) is 3. The van der Waals surface area contributed by atoms with E-state index in [0.717, 1.165) is 13.7 Å². The van der Waals surface area contributed by atoms with Crippen molar-refractivity contribution in [2.45, 2.75) is 64.6 Å². The van der Waals surface area contributed by atoms with Crippen molar-refractivity contribution in [3.05, 3.63) is 61.8 Å². The molecule has 0 aliphatic rings. The van der Waals surface area contributed by atoms with E-state index < -0.39 is 23.2 Å². The second-order valence-corrected chi connectivity index (χ2v) is 7.49. The highest BCUT2D eigenvalue weighted by atomic mass is 16.5. The quantitative estimate of drug-likeness (QED) is 0.471. The SMILES string of the molecule is CCC(Cn1c(=O)n(CC(O)COc2ccccc2)c(=O)n(CC(CC)OC)c1=O)OC. The second kappa shape index (κ2) is 12.4. The third-order valence-corrected chi connectivity index (χ3v) is 5.31. The molecule has 0 saturated heterocycles. The molecule has 0 spiro atoms. The van der Waals surface area contributed by atoms with E-state index >= 15 is 0 Å². The highest BCUT2D eigenvalue weighted by molar-refractivity contribution is 5.20. The molecule has 0 aliphatic heterocycles. The molecular weight excluding hydrogens is 418 g/mol. The molecule has 2 aromatic rings. The van der Waals surface area contributed by atoms with Gasteiger partial charge >= 0.3 is 17.1 Å². The zero-order valence-corrected chi connectivity index (χ0v) is 19.1. The Morgan fingerprint density at radius 2 is 1.22 bits per heavy atom. The van der Waals surface area contributed by atoms with Gasteiger partial charge in [-0.3, -0.25) is 0 Å². The van der Waals surface area contributed by atoms with Crippen LogP contribution in [0.5, 0.6) is 5.75 Å². The highest BCUT2D eigenvalue weighted by Crippen LogP contribution is 2.08. The molecule has 3 unspecified atom stereocenters. The average Bonchev–Trinajstić information content (AvgIpc) is 2.81. The minimum atomic E-state index is -1.14. The summed E-state index contributed by atoms with van der Waals surface area (Å²) in [4.78, 5) is 39.1. The molecule has 0 aliphatic carbocycles. The van der Waals surface area contributed by atoms with Crippen molar-refractivity contribution in [1.82, 2.24) is 13.7 Å². The van der Waals surface area contributed by atoms with Gasteiger partial charge in [0.25, 0.3) is 0 Å². The lowest BCUT2D eigenvalue weighted by atomic mass is 10.2. The number of benzene rings is 1. The number of para-hydroxylation sites is 1. The maximum atomic E-state index is 13.0. The van der Waals surface area contributed by atoms with E-state index in [1.54, 1.807) is 24.3 Å². The lowest BCUT2D eigenvalue weighted by molar-refractivity contribution is 0.0693. The first-order valence-corrected chi connectivity index (χ1v) is 10.7. The standard InChI is InChI=1S/C22H33N3O7/c1-5-17(30-3)13-24-20(27)23(12-16(26)15-32-19-10-8-7-9-11-19)21(28)25(22(24)29)14-18(6-2)31-4/h7-11,16-18,26H,5-6,12-15H2,1-4H3. The van der Waals surface area contributed by atoms with Crippen molar-refractivity contribution in [3.8, 4) is 5.75 Å². The van der Waals surface area contributed by atoms with Crippen LogP contribution in [-0.2, 0) is 29.1 Å². The third kappa shape index (κ3) is 6.41. The molecule has 10 heteroatoms. The van der Waals surface area contributed by atoms with E-state index in [4.69, 9.17) is 14.2 Å². The van der Waals surface area contributed by atoms with Crippen LogP contribution >= 0.6 is 0 Å². The average molecular weight is 452 g/mol. The number of aromatic nitrogens is 3. The van der Waals surface area contributed by atoms with Crippen molar-refractivity contribution in [3.63, 3.8) is 0 Å². The Balaban J connectivity index is 2.41. The van der Waals surface area contributed by atoms with Crippen LogP contribution in [0.15, 0.2) is 44.7 Å². The lowest BCUT2D eigenvalue weighted by Gasteiger charge is -2.20. The van der Waals surface area contributed by atoms with Gasteiger partial charge in [-0.25, -0.2) is 28.1 Å². The Morgan fingerprint density at radius 3 is 1.62 bits per heavy atom. The molecule has 0 radical (unpaired) electrons. The van der Waals surface area contributed by atoms with Crippen molar-refractivity contribution < 1.29 is 19.3 Å². The van der Waals surface area contributed by atoms with Crippen LogP contribution in [-0.4, -0.2) is 57.9 Å². The van der Waals surface area contributed by atoms with E-state index in [0.29, 0.717) is 18.6 Å². The number of aliphatic hydroxyl groups excluding tert-OH is 1. The Morgan fingerprint density at radius 1 is 0.781 bits per heavy atom. The summed E-state index contributed by atoms with van der Waals surface area (Å²) >= 11 is 0. The third-order valence-electron chi connectivity index (χ3n) is 5.31. The van der Waals surface area contributed by atoms with E-state index in [1.165, 1.54) is 14.2 Å². The second-order valence-electron chi connectivity index (χ2n) is 7.49. The highest BCUT2D eigenvalue weighted by Gasteiger charge is 2.21. The molecule has 0 fully saturated rings. The Kier molecular flexibility index (Phi) is 9.89. The molecule has 0 saturated carbocycles. The van der Waals surface area contributed by atoms with Gasteiger partial charge in [-0.1, -0.05) is 32.0 Å². The fourth-order valence-corrected chi connectivity index (χ4v) is 3.27. The number of aliphatic hydroxyl groups is 1. The van der Waals surface area contributed by atoms with E-state index in [2.05, 4.69) is 0 Å². The summed E-state index contributed by atoms with van der Waals surface area (Å²) in [6.45, 7) is 3.28. The molecular formula is C22H33N3O7. The van der Waals surface area contributed by atoms with Gasteiger partial charge in [0.05, 0.1) is 31.8 Å². The summed E-state index contributed by atoms with van der Waals surface area (Å²) in [5.74, 6) is 0.554. The van der Waals surface area contributed by atoms with Gasteiger partial charge in [0, 0.05) is 14.2 Å². The summed E-state index contributed by atoms with van der Waals surface area (Å²) in [5, 5.41) is 10.4. The van der Waals surface area contributed by atoms with Gasteiger partial charge < -0.3 is 19.3 Å². The molecule has 1 N–H and O–H groups in total. The number of hydrogen-bond donors (Lipinski definition) is 1. The molecule has 0 bridgehead atoms. The number of rotatable bonds is 13. The zero-order valence-electron chi connectivity index (χ0n) is 19.1. The zero-order chi connectivity index (χ0) is 23.7. The number of nitrogens with zero attached hydrogens (tertiary/aromatic N) is 3. The monoisotopic (exact) mass is 451 g/mol. The van der Waals surface area contributed by atoms with Crippen LogP contribution in [0.2, 0.25) is 0 Å². The van der Waals surface area contributed by atoms with Gasteiger partial charge in [-0.05, 0) is 25.0 Å². The van der Waals surface area contributed by atoms with Gasteiger partial charge in [-0.15, -0.1) is 0 Å². The number of hydrogen-bond acceptors (Lipinski definition) is 7. The normalized spacial score (nSPS) is 14.2. The smallest absolute Gasteiger partial charge is 0.336 e. The molecule has 10 nitrogen and oxygen atoms in total. The van der Waals surface area contributed by atoms with Crippen LogP contribution < -0.4 is 21.8 Å². The van der Waals surface area contributed by atoms with Crippen LogP contribution in [0.3, 0.4) is 0 Å². The summed E-state index contributed by atoms with van der Waals surface area (Å²) in [6, 6.07) is 8.89. The fraction of sp³-hybridized carbons (Fsp3) is 0.591. The van der Waals surface area contributed by atoms with E-state index in [-0.39, 0.29) is 38.4 Å². The van der Waals surface area contributed by atoms with Crippen molar-refractivity contribution in [2.24, 2.45) is 0 Å². The Bertz CT molecular complexity index is 953. The summed E-state index contributed by atoms with van der Waals surface area (Å²) in [6.07, 6.45) is -0.755. The molecule has 178 valence electrons. The van der Waals surface area contributed by atoms with Gasteiger partial charge in [0.2, 0.25) is 0 Å². The Labute approximate surface area is 186 Å². The maximum Gasteiger partial charge on any atom is 0.336 e. The van der Waals surface area contributed by atoms with Crippen molar-refractivity contribution in [2.75, 3.05) is 20.8 Å². The van der Waals surface area contributed by atoms with Crippen molar-refractivity contribution in [1.29, 1.82) is 0 Å². The van der Waals surface area contributed by atoms with E-state index in [1.807, 2.05) is 19.9 Å². The van der Waals surface area contributed by atoms with E-state index in [9.17, 15) is 19.5 Å². The Hall–Kier alpha value is -2.69. The topological polar surface area (TPSA) is 114 Å². The van der Waals surface area contributed by atoms with Crippen LogP contribution in [0, 0.1) is 0 Å². The first-order valence-electron chi connectivity index (χ1n) is 10.7. The molecule has 1 aromatic heterocycles. The first kappa shape index (κ1) is 25.6. The summed E-state index contributed by atoms with van der Waals surface area (Å²) in [5.41, 5.74) is -2.32. The minimum absolute atomic E-state index is 0.00860. The lowest BCUT2D eigenvalue weighted by Crippen LogP contribution is -2.57. The van der Waals surface area contributed by atoms with Gasteiger partial charge in [-0.2, -0.15) is 0 Å². The molecule has 2 rings (SSSR count). The van der Waals surface area contributed by atoms with Gasteiger partial charge in [0.15, 0.2) is 0 Å². The predicted molar refractivity (Wildman–Crippen MR) is 119 cm³/mol. The first-order chi connectivity index (χ1) is 15.4. The maximum absolute atomic E-state index is 13.0. The van der Waals surface area contributed by atoms with Crippen LogP contribution in [0.4, 0.5) is 0 Å². The molecule has 32 heavy (non-hydrogen) atoms. The fourth-order valence-electron chi connectivity index (χ4n) is 3.27. The van der Waals surface area contributed by atoms with Crippen LogP contribution in [0.1, 0.15) is 26.7 Å². The minimum Gasteiger partial charge on any atom is -0.491 e. The summed E-state index contributed by atoms with van der Waals surface area (Å²) in [7, 11) is 2.99. The molecule has 0 amide bonds. The predicted octanol–water partition coefficient (Wildman–Crippen LogP) is 0.462. The molecule has 3 atom stereocenters.